The van der Waals surface area contributed by atoms with Gasteiger partial charge >= 0.3 is 39.5 Å². The fourth-order valence-corrected chi connectivity index (χ4v) is 12.0. The minimum Gasteiger partial charge on any atom is -0.462 e. The molecule has 0 amide bonds. The van der Waals surface area contributed by atoms with Gasteiger partial charge < -0.3 is 33.8 Å². The molecule has 0 aromatic rings. The molecule has 0 fully saturated rings. The number of carbonyl (C=O) groups is 4. The molecule has 0 aliphatic rings. The van der Waals surface area contributed by atoms with Gasteiger partial charge in [-0.3, -0.25) is 37.3 Å². The van der Waals surface area contributed by atoms with Crippen LogP contribution in [0.25, 0.3) is 0 Å². The number of esters is 4. The van der Waals surface area contributed by atoms with Gasteiger partial charge in [0.1, 0.15) is 19.3 Å². The van der Waals surface area contributed by atoms with E-state index in [4.69, 9.17) is 37.0 Å². The van der Waals surface area contributed by atoms with Crippen molar-refractivity contribution in [3.63, 3.8) is 0 Å². The predicted molar refractivity (Wildman–Crippen MR) is 463 cm³/mol. The number of phosphoric acid groups is 2. The van der Waals surface area contributed by atoms with Gasteiger partial charge in [0.15, 0.2) is 12.2 Å². The van der Waals surface area contributed by atoms with Crippen LogP contribution in [0.1, 0.15) is 297 Å². The number of unbranched alkanes of at least 4 members (excludes halogenated alkanes) is 18. The van der Waals surface area contributed by atoms with Gasteiger partial charge in [0.2, 0.25) is 0 Å². The number of carbonyl (C=O) groups excluding carboxylic acids is 4. The van der Waals surface area contributed by atoms with Crippen LogP contribution >= 0.6 is 15.6 Å². The molecule has 0 aromatic heterocycles. The maximum absolute atomic E-state index is 13.1. The summed E-state index contributed by atoms with van der Waals surface area (Å²) in [6.07, 6.45) is 104. The van der Waals surface area contributed by atoms with E-state index >= 15 is 0 Å². The summed E-state index contributed by atoms with van der Waals surface area (Å²) in [5, 5.41) is 10.7. The molecule has 112 heavy (non-hydrogen) atoms. The largest absolute Gasteiger partial charge is 0.472 e. The average molecular weight is 1600 g/mol. The van der Waals surface area contributed by atoms with Gasteiger partial charge in [-0.05, 0) is 167 Å². The lowest BCUT2D eigenvalue weighted by atomic mass is 10.1. The van der Waals surface area contributed by atoms with Crippen molar-refractivity contribution < 1.29 is 80.2 Å². The minimum atomic E-state index is -5.03. The van der Waals surface area contributed by atoms with Gasteiger partial charge in [0.25, 0.3) is 0 Å². The number of ether oxygens (including phenoxy) is 4. The van der Waals surface area contributed by atoms with E-state index in [9.17, 15) is 43.2 Å². The molecule has 5 unspecified atom stereocenters. The zero-order valence-electron chi connectivity index (χ0n) is 69.3. The Morgan fingerprint density at radius 1 is 0.268 bits per heavy atom. The number of allylic oxidation sites excluding steroid dienone is 33. The summed E-state index contributed by atoms with van der Waals surface area (Å²) in [7, 11) is -10.0. The van der Waals surface area contributed by atoms with Crippen molar-refractivity contribution in [3.05, 3.63) is 207 Å². The molecule has 0 saturated heterocycles. The first-order valence-electron chi connectivity index (χ1n) is 42.3. The molecule has 0 bridgehead atoms. The fraction of sp³-hybridized carbons (Fsp3) is 0.591. The molecule has 5 atom stereocenters. The second-order valence-corrected chi connectivity index (χ2v) is 30.2. The molecule has 632 valence electrons. The number of hydrogen-bond donors (Lipinski definition) is 3. The van der Waals surface area contributed by atoms with Gasteiger partial charge in [0.05, 0.1) is 32.8 Å². The summed E-state index contributed by atoms with van der Waals surface area (Å²) in [6, 6.07) is 0. The van der Waals surface area contributed by atoms with Gasteiger partial charge in [0, 0.05) is 19.3 Å². The summed E-state index contributed by atoms with van der Waals surface area (Å²) in [5.41, 5.74) is 0. The molecular formula is C93H148O17P2. The molecule has 0 aliphatic heterocycles. The second kappa shape index (κ2) is 82.6. The predicted octanol–water partition coefficient (Wildman–Crippen LogP) is 25.4. The molecule has 19 heteroatoms. The third-order valence-electron chi connectivity index (χ3n) is 16.8. The number of phosphoric ester groups is 2. The van der Waals surface area contributed by atoms with E-state index in [1.807, 2.05) is 30.4 Å². The first kappa shape index (κ1) is 106. The van der Waals surface area contributed by atoms with Crippen molar-refractivity contribution >= 4 is 39.5 Å². The summed E-state index contributed by atoms with van der Waals surface area (Å²) in [6.45, 7) is 4.35. The Labute approximate surface area is 678 Å². The molecule has 17 nitrogen and oxygen atoms in total. The first-order chi connectivity index (χ1) is 54.7. The zero-order valence-corrected chi connectivity index (χ0v) is 71.0. The van der Waals surface area contributed by atoms with Crippen molar-refractivity contribution in [2.24, 2.45) is 0 Å². The van der Waals surface area contributed by atoms with E-state index in [1.54, 1.807) is 12.2 Å². The van der Waals surface area contributed by atoms with E-state index in [2.05, 4.69) is 192 Å². The quantitative estimate of drug-likeness (QED) is 0.0169. The summed E-state index contributed by atoms with van der Waals surface area (Å²) >= 11 is 0. The Morgan fingerprint density at radius 2 is 0.518 bits per heavy atom. The standard InChI is InChI=1S/C93H148O17P2/c1-5-9-13-17-21-25-29-33-37-40-43-46-50-53-57-61-65-69-73-77-90(95)103-83-88(109-92(97)79-75-71-67-63-59-55-49-36-32-28-24-20-16-12-8-4)85-107-111(99,100)105-81-87(94)82-106-112(101,102)108-86-89(110-93(98)80-76-72-68-64-60-56-52-48-45-42-39-35-31-27-23-19-15-11-7-3)84-104-91(96)78-74-70-66-62-58-54-51-47-44-41-38-34-30-26-22-18-14-10-6-2/h10,12,14,16,21-28,33-39,43-49,54,58-59,63,66,70-71,75,87-89,94H,5-9,11,13,15,17-20,29-32,40-42,50-53,55-57,60-62,64-65,67-69,72-74,76-86H2,1-4H3,(H,99,100)(H,101,102)/b14-10-,16-12-,25-21-,26-22-,27-23-,28-24-,37-33-,38-34-,39-35-,46-43-,47-44-,48-45-,49-36-,58-54-,63-59-,70-66-,75-71-. The highest BCUT2D eigenvalue weighted by atomic mass is 31.2. The van der Waals surface area contributed by atoms with Crippen molar-refractivity contribution in [1.82, 2.24) is 0 Å². The van der Waals surface area contributed by atoms with E-state index in [0.717, 1.165) is 173 Å². The lowest BCUT2D eigenvalue weighted by molar-refractivity contribution is -0.161. The van der Waals surface area contributed by atoms with Crippen LogP contribution in [0, 0.1) is 0 Å². The normalized spacial score (nSPS) is 14.8. The Hall–Kier alpha value is -6.36. The Morgan fingerprint density at radius 3 is 0.848 bits per heavy atom. The van der Waals surface area contributed by atoms with Gasteiger partial charge in [-0.2, -0.15) is 0 Å². The average Bonchev–Trinajstić information content (AvgIpc) is 0.898. The third kappa shape index (κ3) is 81.6. The van der Waals surface area contributed by atoms with Crippen LogP contribution in [0.2, 0.25) is 0 Å². The third-order valence-corrected chi connectivity index (χ3v) is 18.7. The highest BCUT2D eigenvalue weighted by Gasteiger charge is 2.30. The molecule has 3 N–H and O–H groups in total. The van der Waals surface area contributed by atoms with E-state index in [0.29, 0.717) is 32.1 Å². The van der Waals surface area contributed by atoms with E-state index in [-0.39, 0.29) is 25.7 Å². The van der Waals surface area contributed by atoms with Crippen LogP contribution in [0.4, 0.5) is 0 Å². The lowest BCUT2D eigenvalue weighted by Gasteiger charge is -2.21. The van der Waals surface area contributed by atoms with Crippen molar-refractivity contribution in [2.75, 3.05) is 39.6 Å². The monoisotopic (exact) mass is 1600 g/mol. The Kier molecular flexibility index (Phi) is 77.9. The molecule has 0 heterocycles. The number of aliphatic hydroxyl groups is 1. The fourth-order valence-electron chi connectivity index (χ4n) is 10.4. The maximum Gasteiger partial charge on any atom is 0.472 e. The summed E-state index contributed by atoms with van der Waals surface area (Å²) in [4.78, 5) is 73.2. The topological polar surface area (TPSA) is 237 Å². The Balaban J connectivity index is 5.55. The van der Waals surface area contributed by atoms with Gasteiger partial charge in [-0.25, -0.2) is 9.13 Å². The number of aliphatic hydroxyl groups excluding tert-OH is 1. The minimum absolute atomic E-state index is 0.0226. The van der Waals surface area contributed by atoms with Crippen LogP contribution in [0.3, 0.4) is 0 Å². The van der Waals surface area contributed by atoms with Crippen LogP contribution in [0.5, 0.6) is 0 Å². The molecule has 0 saturated carbocycles. The van der Waals surface area contributed by atoms with E-state index < -0.39 is 97.5 Å². The van der Waals surface area contributed by atoms with Crippen molar-refractivity contribution in [3.8, 4) is 0 Å². The molecule has 0 aromatic carbocycles. The van der Waals surface area contributed by atoms with E-state index in [1.165, 1.54) is 38.5 Å². The zero-order chi connectivity index (χ0) is 81.7. The molecule has 0 rings (SSSR count). The van der Waals surface area contributed by atoms with Crippen LogP contribution in [0.15, 0.2) is 207 Å². The van der Waals surface area contributed by atoms with Crippen LogP contribution in [-0.4, -0.2) is 96.7 Å². The first-order valence-corrected chi connectivity index (χ1v) is 45.3. The van der Waals surface area contributed by atoms with Crippen LogP contribution < -0.4 is 0 Å². The summed E-state index contributed by atoms with van der Waals surface area (Å²) < 4.78 is 68.5. The maximum atomic E-state index is 13.1. The SMILES string of the molecule is CC/C=C\C/C=C\C/C=C\C/C=C\C/C=C\C/C=C\CCC(=O)OCC(COP(=O)(O)OCC(O)COP(=O)(O)OCC(COC(=O)CCCCCCCC/C=C\C/C=C\C/C=C\CCCCC)OC(=O)C/C=C\C/C=C\C/C=C\C/C=C\C/C=C\CC)OC(=O)CCCCCCCC/C=C\C/C=C\C/C=C\CCCCC. The van der Waals surface area contributed by atoms with Gasteiger partial charge in [-0.15, -0.1) is 0 Å². The smallest absolute Gasteiger partial charge is 0.462 e. The Bertz CT molecular complexity index is 2940. The number of rotatable bonds is 77. The summed E-state index contributed by atoms with van der Waals surface area (Å²) in [5.74, 6) is -2.47. The lowest BCUT2D eigenvalue weighted by Crippen LogP contribution is -2.30. The number of hydrogen-bond acceptors (Lipinski definition) is 15. The molecule has 0 spiro atoms. The molecular weight excluding hydrogens is 1450 g/mol. The van der Waals surface area contributed by atoms with Crippen LogP contribution in [-0.2, 0) is 65.4 Å². The molecule has 0 aliphatic carbocycles. The molecule has 0 radical (unpaired) electrons. The highest BCUT2D eigenvalue weighted by molar-refractivity contribution is 7.47. The van der Waals surface area contributed by atoms with Gasteiger partial charge in [-0.1, -0.05) is 311 Å². The van der Waals surface area contributed by atoms with Crippen molar-refractivity contribution in [2.45, 2.75) is 316 Å². The van der Waals surface area contributed by atoms with Crippen molar-refractivity contribution in [1.29, 1.82) is 0 Å². The highest BCUT2D eigenvalue weighted by Crippen LogP contribution is 2.45. The second-order valence-electron chi connectivity index (χ2n) is 27.3.